The fraction of sp³-hybridized carbons (Fsp3) is 0.571. The van der Waals surface area contributed by atoms with Gasteiger partial charge in [0.2, 0.25) is 0 Å². The summed E-state index contributed by atoms with van der Waals surface area (Å²) in [5.74, 6) is 0.985. The Morgan fingerprint density at radius 2 is 1.60 bits per heavy atom. The highest BCUT2D eigenvalue weighted by molar-refractivity contribution is 5.30. The quantitative estimate of drug-likeness (QED) is 0.710. The van der Waals surface area contributed by atoms with E-state index in [4.69, 9.17) is 0 Å². The summed E-state index contributed by atoms with van der Waals surface area (Å²) in [7, 11) is 0. The summed E-state index contributed by atoms with van der Waals surface area (Å²) < 4.78 is 0. The first-order valence-corrected chi connectivity index (χ1v) is 6.21. The molecule has 15 heavy (non-hydrogen) atoms. The second kappa shape index (κ2) is 3.97. The van der Waals surface area contributed by atoms with Crippen molar-refractivity contribution in [2.75, 3.05) is 6.54 Å². The third-order valence-electron chi connectivity index (χ3n) is 3.90. The van der Waals surface area contributed by atoms with Gasteiger partial charge in [-0.1, -0.05) is 37.1 Å². The van der Waals surface area contributed by atoms with Crippen molar-refractivity contribution in [2.24, 2.45) is 5.92 Å². The van der Waals surface area contributed by atoms with Crippen LogP contribution < -0.4 is 0 Å². The maximum absolute atomic E-state index is 2.63. The Bertz CT molecular complexity index is 314. The molecule has 1 fully saturated rings. The molecule has 2 aliphatic rings. The molecule has 0 aromatic heterocycles. The Hall–Kier alpha value is -0.820. The molecule has 0 bridgehead atoms. The number of fused-ring (bicyclic) bond motifs is 1. The van der Waals surface area contributed by atoms with Crippen LogP contribution in [0.5, 0.6) is 0 Å². The van der Waals surface area contributed by atoms with Crippen LogP contribution in [0.1, 0.15) is 36.8 Å². The van der Waals surface area contributed by atoms with Gasteiger partial charge in [-0.3, -0.25) is 4.90 Å². The Balaban J connectivity index is 1.63. The van der Waals surface area contributed by atoms with Crippen molar-refractivity contribution >= 4 is 0 Å². The van der Waals surface area contributed by atoms with Crippen LogP contribution in [0, 0.1) is 5.92 Å². The van der Waals surface area contributed by atoms with Crippen LogP contribution in [0.2, 0.25) is 0 Å². The molecule has 1 saturated carbocycles. The summed E-state index contributed by atoms with van der Waals surface area (Å²) in [4.78, 5) is 2.63. The molecule has 0 N–H and O–H groups in total. The van der Waals surface area contributed by atoms with Crippen molar-refractivity contribution in [2.45, 2.75) is 38.8 Å². The van der Waals surface area contributed by atoms with Gasteiger partial charge in [0.25, 0.3) is 0 Å². The Morgan fingerprint density at radius 1 is 1.00 bits per heavy atom. The first-order chi connectivity index (χ1) is 7.42. The lowest BCUT2D eigenvalue weighted by Gasteiger charge is -2.19. The Kier molecular flexibility index (Phi) is 2.49. The molecule has 1 aromatic rings. The van der Waals surface area contributed by atoms with Gasteiger partial charge in [0.1, 0.15) is 0 Å². The lowest BCUT2D eigenvalue weighted by Crippen LogP contribution is -2.23. The second-order valence-electron chi connectivity index (χ2n) is 5.09. The molecule has 0 atom stereocenters. The first-order valence-electron chi connectivity index (χ1n) is 6.21. The zero-order valence-corrected chi connectivity index (χ0v) is 9.28. The van der Waals surface area contributed by atoms with Crippen LogP contribution in [0.25, 0.3) is 0 Å². The highest BCUT2D eigenvalue weighted by Gasteiger charge is 2.23. The van der Waals surface area contributed by atoms with Crippen LogP contribution >= 0.6 is 0 Å². The second-order valence-corrected chi connectivity index (χ2v) is 5.09. The van der Waals surface area contributed by atoms with Crippen molar-refractivity contribution in [1.29, 1.82) is 0 Å². The molecular weight excluding hydrogens is 182 g/mol. The SMILES string of the molecule is c1ccc2c(c1)CN(CC1CCCC1)C2. The predicted molar refractivity (Wildman–Crippen MR) is 62.5 cm³/mol. The molecule has 0 spiro atoms. The summed E-state index contributed by atoms with van der Waals surface area (Å²) in [6.45, 7) is 3.70. The zero-order valence-electron chi connectivity index (χ0n) is 9.28. The van der Waals surface area contributed by atoms with Crippen LogP contribution in [-0.4, -0.2) is 11.4 Å². The molecule has 80 valence electrons. The topological polar surface area (TPSA) is 3.24 Å². The van der Waals surface area contributed by atoms with E-state index < -0.39 is 0 Å². The van der Waals surface area contributed by atoms with Gasteiger partial charge >= 0.3 is 0 Å². The molecule has 0 saturated heterocycles. The van der Waals surface area contributed by atoms with E-state index in [0.717, 1.165) is 5.92 Å². The summed E-state index contributed by atoms with van der Waals surface area (Å²) in [6, 6.07) is 8.89. The summed E-state index contributed by atoms with van der Waals surface area (Å²) in [6.07, 6.45) is 5.86. The van der Waals surface area contributed by atoms with Gasteiger partial charge in [-0.15, -0.1) is 0 Å². The molecule has 0 unspecified atom stereocenters. The highest BCUT2D eigenvalue weighted by Crippen LogP contribution is 2.29. The van der Waals surface area contributed by atoms with Gasteiger partial charge in [0.15, 0.2) is 0 Å². The van der Waals surface area contributed by atoms with Crippen LogP contribution in [-0.2, 0) is 13.1 Å². The van der Waals surface area contributed by atoms with E-state index in [1.54, 1.807) is 11.1 Å². The van der Waals surface area contributed by atoms with E-state index in [2.05, 4.69) is 29.2 Å². The molecule has 0 radical (unpaired) electrons. The molecule has 0 amide bonds. The van der Waals surface area contributed by atoms with Gasteiger partial charge in [-0.25, -0.2) is 0 Å². The summed E-state index contributed by atoms with van der Waals surface area (Å²) in [5.41, 5.74) is 3.10. The van der Waals surface area contributed by atoms with Crippen LogP contribution in [0.15, 0.2) is 24.3 Å². The molecule has 1 heteroatoms. The molecule has 1 aromatic carbocycles. The van der Waals surface area contributed by atoms with Crippen molar-refractivity contribution in [3.63, 3.8) is 0 Å². The fourth-order valence-electron chi connectivity index (χ4n) is 3.09. The number of hydrogen-bond donors (Lipinski definition) is 0. The van der Waals surface area contributed by atoms with Crippen molar-refractivity contribution in [3.05, 3.63) is 35.4 Å². The lowest BCUT2D eigenvalue weighted by atomic mass is 10.1. The number of nitrogens with zero attached hydrogens (tertiary/aromatic N) is 1. The minimum atomic E-state index is 0.985. The van der Waals surface area contributed by atoms with Gasteiger partial charge in [-0.2, -0.15) is 0 Å². The van der Waals surface area contributed by atoms with Crippen LogP contribution in [0.3, 0.4) is 0 Å². The first kappa shape index (κ1) is 9.41. The number of rotatable bonds is 2. The monoisotopic (exact) mass is 201 g/mol. The molecule has 1 aliphatic carbocycles. The Labute approximate surface area is 92.1 Å². The summed E-state index contributed by atoms with van der Waals surface area (Å²) in [5, 5.41) is 0. The third-order valence-corrected chi connectivity index (χ3v) is 3.90. The fourth-order valence-corrected chi connectivity index (χ4v) is 3.09. The van der Waals surface area contributed by atoms with E-state index in [1.165, 1.54) is 45.3 Å². The molecular formula is C14H19N. The number of benzene rings is 1. The van der Waals surface area contributed by atoms with E-state index in [9.17, 15) is 0 Å². The van der Waals surface area contributed by atoms with Gasteiger partial charge < -0.3 is 0 Å². The van der Waals surface area contributed by atoms with Crippen LogP contribution in [0.4, 0.5) is 0 Å². The van der Waals surface area contributed by atoms with E-state index in [0.29, 0.717) is 0 Å². The van der Waals surface area contributed by atoms with Gasteiger partial charge in [0, 0.05) is 19.6 Å². The number of hydrogen-bond acceptors (Lipinski definition) is 1. The summed E-state index contributed by atoms with van der Waals surface area (Å²) >= 11 is 0. The minimum Gasteiger partial charge on any atom is -0.295 e. The van der Waals surface area contributed by atoms with E-state index >= 15 is 0 Å². The van der Waals surface area contributed by atoms with Gasteiger partial charge in [0.05, 0.1) is 0 Å². The largest absolute Gasteiger partial charge is 0.295 e. The molecule has 1 aliphatic heterocycles. The maximum atomic E-state index is 2.63. The van der Waals surface area contributed by atoms with Gasteiger partial charge in [-0.05, 0) is 29.9 Å². The average Bonchev–Trinajstić information content (AvgIpc) is 2.86. The molecule has 3 rings (SSSR count). The van der Waals surface area contributed by atoms with Crippen molar-refractivity contribution < 1.29 is 0 Å². The van der Waals surface area contributed by atoms with Crippen molar-refractivity contribution in [3.8, 4) is 0 Å². The van der Waals surface area contributed by atoms with E-state index in [-0.39, 0.29) is 0 Å². The average molecular weight is 201 g/mol. The predicted octanol–water partition coefficient (Wildman–Crippen LogP) is 3.19. The molecule has 1 heterocycles. The lowest BCUT2D eigenvalue weighted by molar-refractivity contribution is 0.237. The smallest absolute Gasteiger partial charge is 0.0240 e. The third kappa shape index (κ3) is 1.93. The highest BCUT2D eigenvalue weighted by atomic mass is 15.1. The standard InChI is InChI=1S/C14H19N/c1-2-6-12(5-1)9-15-10-13-7-3-4-8-14(13)11-15/h3-4,7-8,12H,1-2,5-6,9-11H2. The van der Waals surface area contributed by atoms with E-state index in [1.807, 2.05) is 0 Å². The minimum absolute atomic E-state index is 0.985. The maximum Gasteiger partial charge on any atom is 0.0240 e. The zero-order chi connectivity index (χ0) is 10.1. The molecule has 1 nitrogen and oxygen atoms in total. The normalized spacial score (nSPS) is 22.1. The van der Waals surface area contributed by atoms with Crippen molar-refractivity contribution in [1.82, 2.24) is 4.90 Å². The Morgan fingerprint density at radius 3 is 2.20 bits per heavy atom.